The fourth-order valence-electron chi connectivity index (χ4n) is 3.04. The van der Waals surface area contributed by atoms with Crippen LogP contribution in [0.25, 0.3) is 0 Å². The van der Waals surface area contributed by atoms with Gasteiger partial charge in [-0.3, -0.25) is 4.98 Å². The molecule has 0 aliphatic rings. The maximum Gasteiger partial charge on any atom is 0.337 e. The number of rotatable bonds is 9. The van der Waals surface area contributed by atoms with Crippen molar-refractivity contribution in [3.63, 3.8) is 0 Å². The van der Waals surface area contributed by atoms with E-state index in [0.29, 0.717) is 17.9 Å². The molecule has 0 bridgehead atoms. The maximum atomic E-state index is 14.1. The minimum Gasteiger partial charge on any atom is -0.487 e. The molecule has 1 heterocycles. The number of aromatic nitrogens is 1. The Kier molecular flexibility index (Phi) is 8.11. The average molecular weight is 455 g/mol. The molecule has 5 nitrogen and oxygen atoms in total. The lowest BCUT2D eigenvalue weighted by atomic mass is 10.1. The first-order chi connectivity index (χ1) is 15.4. The van der Waals surface area contributed by atoms with E-state index in [1.807, 2.05) is 54.6 Å². The molecule has 0 saturated heterocycles. The molecule has 2 aromatic carbocycles. The molecule has 0 saturated carbocycles. The van der Waals surface area contributed by atoms with Gasteiger partial charge in [-0.25, -0.2) is 9.18 Å². The van der Waals surface area contributed by atoms with Crippen LogP contribution in [0.2, 0.25) is 0 Å². The van der Waals surface area contributed by atoms with Crippen molar-refractivity contribution in [2.24, 2.45) is 0 Å². The number of benzene rings is 2. The molecule has 7 heteroatoms. The molecule has 3 aromatic rings. The van der Waals surface area contributed by atoms with Crippen LogP contribution in [-0.2, 0) is 11.3 Å². The predicted octanol–water partition coefficient (Wildman–Crippen LogP) is 5.94. The van der Waals surface area contributed by atoms with Crippen LogP contribution in [0.3, 0.4) is 0 Å². The molecule has 0 radical (unpaired) electrons. The molecule has 3 rings (SSSR count). The molecule has 0 N–H and O–H groups in total. The lowest BCUT2D eigenvalue weighted by Crippen LogP contribution is -2.23. The van der Waals surface area contributed by atoms with Crippen molar-refractivity contribution in [2.75, 3.05) is 18.0 Å². The molecule has 0 aliphatic heterocycles. The zero-order chi connectivity index (χ0) is 23.1. The number of carbonyl (C=O) groups is 1. The maximum absolute atomic E-state index is 14.1. The van der Waals surface area contributed by atoms with Gasteiger partial charge in [-0.15, -0.1) is 0 Å². The molecule has 1 aromatic heterocycles. The largest absolute Gasteiger partial charge is 0.487 e. The van der Waals surface area contributed by atoms with Gasteiger partial charge in [0.05, 0.1) is 24.9 Å². The molecular formula is C25H27FN2O3S. The first-order valence-corrected chi connectivity index (χ1v) is 11.1. The number of methoxy groups -OCH3 is 1. The van der Waals surface area contributed by atoms with Crippen LogP contribution < -0.4 is 9.04 Å². The Bertz CT molecular complexity index is 1040. The van der Waals surface area contributed by atoms with Gasteiger partial charge in [0.25, 0.3) is 0 Å². The molecule has 0 amide bonds. The fraction of sp³-hybridized carbons (Fsp3) is 0.280. The Morgan fingerprint density at radius 1 is 1.16 bits per heavy atom. The Labute approximate surface area is 192 Å². The summed E-state index contributed by atoms with van der Waals surface area (Å²) in [4.78, 5) is 16.7. The van der Waals surface area contributed by atoms with Crippen LogP contribution in [-0.4, -0.2) is 30.8 Å². The lowest BCUT2D eigenvalue weighted by molar-refractivity contribution is 0.0600. The smallest absolute Gasteiger partial charge is 0.337 e. The fourth-order valence-corrected chi connectivity index (χ4v) is 4.07. The van der Waals surface area contributed by atoms with E-state index in [4.69, 9.17) is 9.47 Å². The monoisotopic (exact) mass is 454 g/mol. The number of pyridine rings is 1. The van der Waals surface area contributed by atoms with Gasteiger partial charge >= 0.3 is 5.97 Å². The highest BCUT2D eigenvalue weighted by atomic mass is 32.2. The number of hydrogen-bond donors (Lipinski definition) is 0. The topological polar surface area (TPSA) is 51.7 Å². The van der Waals surface area contributed by atoms with Crippen molar-refractivity contribution in [3.8, 4) is 5.75 Å². The Hall–Kier alpha value is -3.06. The summed E-state index contributed by atoms with van der Waals surface area (Å²) in [7, 11) is 1.36. The van der Waals surface area contributed by atoms with Crippen molar-refractivity contribution in [1.82, 2.24) is 4.98 Å². The van der Waals surface area contributed by atoms with Gasteiger partial charge in [-0.1, -0.05) is 12.1 Å². The molecule has 0 unspecified atom stereocenters. The highest BCUT2D eigenvalue weighted by Crippen LogP contribution is 2.38. The van der Waals surface area contributed by atoms with Crippen LogP contribution in [0.15, 0.2) is 65.8 Å². The normalized spacial score (nSPS) is 11.7. The van der Waals surface area contributed by atoms with Gasteiger partial charge in [0, 0.05) is 17.3 Å². The second-order valence-corrected chi connectivity index (χ2v) is 8.60. The molecule has 1 atom stereocenters. The third-order valence-electron chi connectivity index (χ3n) is 4.88. The summed E-state index contributed by atoms with van der Waals surface area (Å²) in [6.07, 6.45) is 2.44. The average Bonchev–Trinajstić information content (AvgIpc) is 2.79. The van der Waals surface area contributed by atoms with Gasteiger partial charge in [-0.05, 0) is 85.8 Å². The number of ether oxygens (including phenoxy) is 2. The molecule has 0 aliphatic carbocycles. The summed E-state index contributed by atoms with van der Waals surface area (Å²) >= 11 is 1.43. The summed E-state index contributed by atoms with van der Waals surface area (Å²) in [5, 5.41) is 0. The second-order valence-electron chi connectivity index (χ2n) is 7.50. The third-order valence-corrected chi connectivity index (χ3v) is 5.90. The van der Waals surface area contributed by atoms with Gasteiger partial charge in [0.2, 0.25) is 0 Å². The van der Waals surface area contributed by atoms with E-state index < -0.39 is 6.17 Å². The van der Waals surface area contributed by atoms with Crippen molar-refractivity contribution in [3.05, 3.63) is 83.2 Å². The van der Waals surface area contributed by atoms with E-state index in [1.165, 1.54) is 19.1 Å². The number of hydrogen-bond acceptors (Lipinski definition) is 6. The number of nitrogens with zero attached hydrogens (tertiary/aromatic N) is 2. The van der Waals surface area contributed by atoms with E-state index in [1.54, 1.807) is 31.5 Å². The van der Waals surface area contributed by atoms with Crippen molar-refractivity contribution < 1.29 is 18.7 Å². The van der Waals surface area contributed by atoms with Gasteiger partial charge in [0.1, 0.15) is 18.5 Å². The Balaban J connectivity index is 1.86. The Morgan fingerprint density at radius 3 is 2.50 bits per heavy atom. The zero-order valence-corrected chi connectivity index (χ0v) is 19.5. The number of anilines is 1. The standard InChI is InChI=1S/C25H27FN2O3S/c1-17-12-23(28(15-19(3)26)32-22-6-5-11-27-14-22)24(13-18(17)2)31-16-20-7-9-21(10-8-20)25(29)30-4/h5-14,19H,15-16H2,1-4H3/t19-/m1/s1. The molecule has 0 spiro atoms. The van der Waals surface area contributed by atoms with Crippen LogP contribution in [0.5, 0.6) is 5.75 Å². The van der Waals surface area contributed by atoms with E-state index in [-0.39, 0.29) is 12.5 Å². The minimum atomic E-state index is -1.03. The van der Waals surface area contributed by atoms with Gasteiger partial charge < -0.3 is 13.8 Å². The number of carbonyl (C=O) groups excluding carboxylic acids is 1. The predicted molar refractivity (Wildman–Crippen MR) is 126 cm³/mol. The summed E-state index contributed by atoms with van der Waals surface area (Å²) in [5.41, 5.74) is 4.38. The quantitative estimate of drug-likeness (QED) is 0.295. The van der Waals surface area contributed by atoms with Crippen LogP contribution >= 0.6 is 11.9 Å². The van der Waals surface area contributed by atoms with E-state index in [9.17, 15) is 9.18 Å². The summed E-state index contributed by atoms with van der Waals surface area (Å²) in [6.45, 7) is 6.11. The number of aryl methyl sites for hydroxylation is 2. The highest BCUT2D eigenvalue weighted by molar-refractivity contribution is 8.00. The Morgan fingerprint density at radius 2 is 1.88 bits per heavy atom. The number of esters is 1. The SMILES string of the molecule is COC(=O)c1ccc(COc2cc(C)c(C)cc2N(C[C@@H](C)F)Sc2cccnc2)cc1. The van der Waals surface area contributed by atoms with Crippen molar-refractivity contribution in [1.29, 1.82) is 0 Å². The highest BCUT2D eigenvalue weighted by Gasteiger charge is 2.19. The number of alkyl halides is 1. The first kappa shape index (κ1) is 23.6. The molecule has 0 fully saturated rings. The van der Waals surface area contributed by atoms with Gasteiger partial charge in [0.15, 0.2) is 0 Å². The van der Waals surface area contributed by atoms with Crippen molar-refractivity contribution >= 4 is 23.6 Å². The van der Waals surface area contributed by atoms with Crippen LogP contribution in [0.4, 0.5) is 10.1 Å². The van der Waals surface area contributed by atoms with Gasteiger partial charge in [-0.2, -0.15) is 0 Å². The molecular weight excluding hydrogens is 427 g/mol. The van der Waals surface area contributed by atoms with Crippen LogP contribution in [0.1, 0.15) is 34.0 Å². The van der Waals surface area contributed by atoms with Crippen LogP contribution in [0, 0.1) is 13.8 Å². The lowest BCUT2D eigenvalue weighted by Gasteiger charge is -2.27. The number of halogens is 1. The third kappa shape index (κ3) is 6.23. The molecule has 168 valence electrons. The van der Waals surface area contributed by atoms with E-state index in [0.717, 1.165) is 27.3 Å². The molecule has 32 heavy (non-hydrogen) atoms. The van der Waals surface area contributed by atoms with E-state index in [2.05, 4.69) is 4.98 Å². The zero-order valence-electron chi connectivity index (χ0n) is 18.7. The summed E-state index contributed by atoms with van der Waals surface area (Å²) < 4.78 is 26.9. The second kappa shape index (κ2) is 11.0. The summed E-state index contributed by atoms with van der Waals surface area (Å²) in [6, 6.07) is 14.9. The van der Waals surface area contributed by atoms with E-state index >= 15 is 0 Å². The first-order valence-electron chi connectivity index (χ1n) is 10.3. The minimum absolute atomic E-state index is 0.201. The summed E-state index contributed by atoms with van der Waals surface area (Å²) in [5.74, 6) is 0.291. The van der Waals surface area contributed by atoms with Crippen molar-refractivity contribution in [2.45, 2.75) is 38.4 Å².